The van der Waals surface area contributed by atoms with Gasteiger partial charge in [0.05, 0.1) is 12.0 Å². The number of thiophene rings is 1. The molecule has 0 aliphatic rings. The van der Waals surface area contributed by atoms with Crippen molar-refractivity contribution in [2.24, 2.45) is 5.73 Å². The number of hydrogen-bond donors (Lipinski definition) is 1. The van der Waals surface area contributed by atoms with Gasteiger partial charge in [0.2, 0.25) is 0 Å². The molecule has 0 aliphatic heterocycles. The van der Waals surface area contributed by atoms with Crippen LogP contribution < -0.4 is 10.5 Å². The molecule has 0 fully saturated rings. The topological polar surface area (TPSA) is 35.2 Å². The van der Waals surface area contributed by atoms with Gasteiger partial charge in [0.15, 0.2) is 0 Å². The summed E-state index contributed by atoms with van der Waals surface area (Å²) in [6, 6.07) is 5.92. The van der Waals surface area contributed by atoms with Crippen molar-refractivity contribution < 1.29 is 9.13 Å². The van der Waals surface area contributed by atoms with Gasteiger partial charge in [0, 0.05) is 11.1 Å². The lowest BCUT2D eigenvalue weighted by Crippen LogP contribution is -2.13. The molecule has 0 radical (unpaired) electrons. The minimum absolute atomic E-state index is 0.251. The van der Waals surface area contributed by atoms with Gasteiger partial charge in [0.25, 0.3) is 0 Å². The first-order valence-electron chi connectivity index (χ1n) is 5.42. The number of methoxy groups -OCH3 is 1. The van der Waals surface area contributed by atoms with Crippen LogP contribution in [0.4, 0.5) is 4.39 Å². The molecule has 0 bridgehead atoms. The zero-order valence-corrected chi connectivity index (χ0v) is 11.4. The van der Waals surface area contributed by atoms with E-state index in [4.69, 9.17) is 22.1 Å². The van der Waals surface area contributed by atoms with Gasteiger partial charge in [-0.1, -0.05) is 11.6 Å². The largest absolute Gasteiger partial charge is 0.496 e. The monoisotopic (exact) mass is 285 g/mol. The molecule has 18 heavy (non-hydrogen) atoms. The average Bonchev–Trinajstić information content (AvgIpc) is 2.82. The second kappa shape index (κ2) is 5.69. The molecule has 2 N–H and O–H groups in total. The molecule has 2 rings (SSSR count). The molecule has 0 amide bonds. The van der Waals surface area contributed by atoms with E-state index in [9.17, 15) is 4.39 Å². The highest BCUT2D eigenvalue weighted by atomic mass is 35.5. The first kappa shape index (κ1) is 13.3. The third-order valence-electron chi connectivity index (χ3n) is 2.66. The quantitative estimate of drug-likeness (QED) is 0.927. The Morgan fingerprint density at radius 3 is 2.94 bits per heavy atom. The third kappa shape index (κ3) is 2.83. The average molecular weight is 286 g/mol. The molecule has 1 aromatic carbocycles. The van der Waals surface area contributed by atoms with Crippen LogP contribution in [0.15, 0.2) is 29.6 Å². The van der Waals surface area contributed by atoms with E-state index in [1.54, 1.807) is 13.2 Å². The first-order valence-corrected chi connectivity index (χ1v) is 6.68. The van der Waals surface area contributed by atoms with Crippen molar-refractivity contribution in [3.05, 3.63) is 50.9 Å². The third-order valence-corrected chi connectivity index (χ3v) is 4.06. The highest BCUT2D eigenvalue weighted by Crippen LogP contribution is 2.32. The van der Waals surface area contributed by atoms with Crippen molar-refractivity contribution in [3.63, 3.8) is 0 Å². The van der Waals surface area contributed by atoms with E-state index < -0.39 is 0 Å². The van der Waals surface area contributed by atoms with E-state index in [1.807, 2.05) is 11.4 Å². The minimum Gasteiger partial charge on any atom is -0.496 e. The summed E-state index contributed by atoms with van der Waals surface area (Å²) in [7, 11) is 1.60. The van der Waals surface area contributed by atoms with Crippen LogP contribution in [-0.2, 0) is 6.42 Å². The summed E-state index contributed by atoms with van der Waals surface area (Å²) < 4.78 is 18.4. The number of benzene rings is 1. The van der Waals surface area contributed by atoms with Crippen LogP contribution in [0.5, 0.6) is 5.75 Å². The lowest BCUT2D eigenvalue weighted by atomic mass is 10.0. The number of ether oxygens (including phenoxy) is 1. The second-order valence-electron chi connectivity index (χ2n) is 3.90. The fourth-order valence-corrected chi connectivity index (χ4v) is 2.84. The van der Waals surface area contributed by atoms with Crippen LogP contribution in [-0.4, -0.2) is 7.11 Å². The molecule has 1 unspecified atom stereocenters. The van der Waals surface area contributed by atoms with Crippen molar-refractivity contribution >= 4 is 22.9 Å². The van der Waals surface area contributed by atoms with E-state index >= 15 is 0 Å². The fraction of sp³-hybridized carbons (Fsp3) is 0.231. The number of halogens is 2. The standard InChI is InChI=1S/C13H13ClFNOS/c1-17-12-4-5-18-13(12)11(16)7-8-6-9(15)2-3-10(8)14/h2-6,11H,7,16H2,1H3. The van der Waals surface area contributed by atoms with Crippen LogP contribution in [0.3, 0.4) is 0 Å². The first-order chi connectivity index (χ1) is 8.61. The summed E-state index contributed by atoms with van der Waals surface area (Å²) in [6.07, 6.45) is 0.480. The molecule has 2 nitrogen and oxygen atoms in total. The summed E-state index contributed by atoms with van der Waals surface area (Å²) in [5.41, 5.74) is 6.82. The number of rotatable bonds is 4. The smallest absolute Gasteiger partial charge is 0.134 e. The minimum atomic E-state index is -0.306. The van der Waals surface area contributed by atoms with Crippen molar-refractivity contribution in [1.29, 1.82) is 0 Å². The van der Waals surface area contributed by atoms with Crippen LogP contribution >= 0.6 is 22.9 Å². The highest BCUT2D eigenvalue weighted by Gasteiger charge is 2.15. The number of hydrogen-bond acceptors (Lipinski definition) is 3. The molecule has 5 heteroatoms. The van der Waals surface area contributed by atoms with Crippen molar-refractivity contribution in [2.75, 3.05) is 7.11 Å². The lowest BCUT2D eigenvalue weighted by molar-refractivity contribution is 0.409. The van der Waals surface area contributed by atoms with Gasteiger partial charge >= 0.3 is 0 Å². The van der Waals surface area contributed by atoms with E-state index in [2.05, 4.69) is 0 Å². The Balaban J connectivity index is 2.21. The SMILES string of the molecule is COc1ccsc1C(N)Cc1cc(F)ccc1Cl. The molecular weight excluding hydrogens is 273 g/mol. The molecule has 0 saturated heterocycles. The van der Waals surface area contributed by atoms with Crippen molar-refractivity contribution in [2.45, 2.75) is 12.5 Å². The predicted octanol–water partition coefficient (Wildman–Crippen LogP) is 3.79. The van der Waals surface area contributed by atoms with Gasteiger partial charge < -0.3 is 10.5 Å². The molecule has 96 valence electrons. The summed E-state index contributed by atoms with van der Waals surface area (Å²) in [6.45, 7) is 0. The van der Waals surface area contributed by atoms with Gasteiger partial charge in [0.1, 0.15) is 11.6 Å². The zero-order valence-electron chi connectivity index (χ0n) is 9.82. The second-order valence-corrected chi connectivity index (χ2v) is 5.25. The van der Waals surface area contributed by atoms with E-state index in [0.29, 0.717) is 17.0 Å². The van der Waals surface area contributed by atoms with Gasteiger partial charge in [-0.05, 0) is 41.6 Å². The summed E-state index contributed by atoms with van der Waals surface area (Å²) >= 11 is 7.55. The molecule has 0 aliphatic carbocycles. The van der Waals surface area contributed by atoms with Crippen LogP contribution in [0.25, 0.3) is 0 Å². The maximum atomic E-state index is 13.2. The van der Waals surface area contributed by atoms with Gasteiger partial charge in [-0.15, -0.1) is 11.3 Å². The molecule has 1 heterocycles. The summed E-state index contributed by atoms with van der Waals surface area (Å²) in [5.74, 6) is 0.458. The molecular formula is C13H13ClFNOS. The van der Waals surface area contributed by atoms with Crippen molar-refractivity contribution in [1.82, 2.24) is 0 Å². The zero-order chi connectivity index (χ0) is 13.1. The van der Waals surface area contributed by atoms with Crippen LogP contribution in [0, 0.1) is 5.82 Å². The Labute approximate surface area is 114 Å². The maximum Gasteiger partial charge on any atom is 0.134 e. The van der Waals surface area contributed by atoms with E-state index in [1.165, 1.54) is 23.5 Å². The summed E-state index contributed by atoms with van der Waals surface area (Å²) in [4.78, 5) is 0.942. The van der Waals surface area contributed by atoms with E-state index in [-0.39, 0.29) is 11.9 Å². The van der Waals surface area contributed by atoms with Gasteiger partial charge in [-0.25, -0.2) is 4.39 Å². The number of nitrogens with two attached hydrogens (primary N) is 1. The van der Waals surface area contributed by atoms with Crippen molar-refractivity contribution in [3.8, 4) is 5.75 Å². The molecule has 0 saturated carbocycles. The predicted molar refractivity (Wildman–Crippen MR) is 72.9 cm³/mol. The molecule has 2 aromatic rings. The van der Waals surface area contributed by atoms with Gasteiger partial charge in [-0.3, -0.25) is 0 Å². The Morgan fingerprint density at radius 2 is 2.22 bits per heavy atom. The molecule has 1 aromatic heterocycles. The molecule has 1 atom stereocenters. The Hall–Kier alpha value is -1.10. The Morgan fingerprint density at radius 1 is 1.44 bits per heavy atom. The Bertz CT molecular complexity index is 544. The van der Waals surface area contributed by atoms with E-state index in [0.717, 1.165) is 10.6 Å². The normalized spacial score (nSPS) is 12.4. The Kier molecular flexibility index (Phi) is 4.22. The highest BCUT2D eigenvalue weighted by molar-refractivity contribution is 7.10. The van der Waals surface area contributed by atoms with Crippen LogP contribution in [0.1, 0.15) is 16.5 Å². The van der Waals surface area contributed by atoms with Gasteiger partial charge in [-0.2, -0.15) is 0 Å². The maximum absolute atomic E-state index is 13.2. The fourth-order valence-electron chi connectivity index (χ4n) is 1.78. The lowest BCUT2D eigenvalue weighted by Gasteiger charge is -2.13. The summed E-state index contributed by atoms with van der Waals surface area (Å²) in [5, 5.41) is 2.45. The van der Waals surface area contributed by atoms with Crippen LogP contribution in [0.2, 0.25) is 5.02 Å². The molecule has 0 spiro atoms.